The summed E-state index contributed by atoms with van der Waals surface area (Å²) in [5.74, 6) is 1.54. The van der Waals surface area contributed by atoms with Gasteiger partial charge >= 0.3 is 0 Å². The van der Waals surface area contributed by atoms with Gasteiger partial charge in [0, 0.05) is 22.9 Å². The highest BCUT2D eigenvalue weighted by atomic mass is 32.1. The molecular formula is C15H15N3O2S2. The summed E-state index contributed by atoms with van der Waals surface area (Å²) < 4.78 is 11.9. The van der Waals surface area contributed by atoms with Crippen LogP contribution in [0.15, 0.2) is 17.5 Å². The maximum absolute atomic E-state index is 5.40. The van der Waals surface area contributed by atoms with Gasteiger partial charge in [-0.05, 0) is 0 Å². The minimum Gasteiger partial charge on any atom is -0.454 e. The van der Waals surface area contributed by atoms with Gasteiger partial charge in [0.05, 0.1) is 15.9 Å². The van der Waals surface area contributed by atoms with Crippen LogP contribution in [0.2, 0.25) is 0 Å². The molecule has 0 spiro atoms. The Kier molecular flexibility index (Phi) is 3.02. The number of fused-ring (bicyclic) bond motifs is 2. The molecule has 22 heavy (non-hydrogen) atoms. The Morgan fingerprint density at radius 3 is 2.59 bits per heavy atom. The monoisotopic (exact) mass is 333 g/mol. The van der Waals surface area contributed by atoms with E-state index in [4.69, 9.17) is 9.47 Å². The van der Waals surface area contributed by atoms with Crippen LogP contribution in [0.3, 0.4) is 0 Å². The van der Waals surface area contributed by atoms with E-state index in [1.807, 2.05) is 12.1 Å². The molecule has 5 nitrogen and oxygen atoms in total. The number of thiazole rings is 2. The standard InChI is InChI=1S/C15H15N3O2S2/c1-15(2,3)12-6-21-13(17-12)18-14-16-8-4-9-10(20-7-19-9)5-11(8)22-14/h4-6H,7H2,1-3H3,(H,16,17,18). The smallest absolute Gasteiger partial charge is 0.231 e. The molecule has 0 saturated carbocycles. The topological polar surface area (TPSA) is 56.3 Å². The van der Waals surface area contributed by atoms with E-state index in [0.717, 1.165) is 37.7 Å². The van der Waals surface area contributed by atoms with E-state index < -0.39 is 0 Å². The van der Waals surface area contributed by atoms with Crippen molar-refractivity contribution >= 4 is 43.2 Å². The van der Waals surface area contributed by atoms with Crippen molar-refractivity contribution in [3.05, 3.63) is 23.2 Å². The van der Waals surface area contributed by atoms with E-state index in [1.165, 1.54) is 0 Å². The van der Waals surface area contributed by atoms with Crippen LogP contribution in [-0.4, -0.2) is 16.8 Å². The first-order chi connectivity index (χ1) is 10.5. The van der Waals surface area contributed by atoms with Gasteiger partial charge in [-0.15, -0.1) is 11.3 Å². The molecule has 0 saturated heterocycles. The summed E-state index contributed by atoms with van der Waals surface area (Å²) in [6, 6.07) is 3.89. The van der Waals surface area contributed by atoms with Crippen molar-refractivity contribution in [3.63, 3.8) is 0 Å². The van der Waals surface area contributed by atoms with E-state index in [2.05, 4.69) is 41.4 Å². The fourth-order valence-electron chi connectivity index (χ4n) is 2.14. The SMILES string of the molecule is CC(C)(C)c1csc(Nc2nc3cc4c(cc3s2)OCO4)n1. The zero-order valence-electron chi connectivity index (χ0n) is 12.5. The fourth-order valence-corrected chi connectivity index (χ4v) is 4.01. The van der Waals surface area contributed by atoms with Crippen LogP contribution in [0.5, 0.6) is 11.5 Å². The molecule has 0 amide bonds. The molecule has 0 bridgehead atoms. The first-order valence-corrected chi connectivity index (χ1v) is 8.62. The number of benzene rings is 1. The molecule has 0 unspecified atom stereocenters. The number of hydrogen-bond acceptors (Lipinski definition) is 7. The Labute approximate surface area is 135 Å². The normalized spacial score (nSPS) is 13.8. The Balaban J connectivity index is 1.63. The average molecular weight is 333 g/mol. The number of rotatable bonds is 2. The molecule has 0 radical (unpaired) electrons. The number of ether oxygens (including phenoxy) is 2. The van der Waals surface area contributed by atoms with Crippen molar-refractivity contribution in [1.82, 2.24) is 9.97 Å². The number of nitrogens with zero attached hydrogens (tertiary/aromatic N) is 2. The van der Waals surface area contributed by atoms with Crippen molar-refractivity contribution in [3.8, 4) is 11.5 Å². The van der Waals surface area contributed by atoms with Crippen molar-refractivity contribution in [2.24, 2.45) is 0 Å². The van der Waals surface area contributed by atoms with Gasteiger partial charge in [0.15, 0.2) is 21.8 Å². The van der Waals surface area contributed by atoms with E-state index >= 15 is 0 Å². The molecule has 7 heteroatoms. The summed E-state index contributed by atoms with van der Waals surface area (Å²) >= 11 is 3.18. The van der Waals surface area contributed by atoms with E-state index in [-0.39, 0.29) is 12.2 Å². The van der Waals surface area contributed by atoms with E-state index in [0.29, 0.717) is 0 Å². The van der Waals surface area contributed by atoms with Gasteiger partial charge < -0.3 is 14.8 Å². The van der Waals surface area contributed by atoms with Gasteiger partial charge in [0.25, 0.3) is 0 Å². The Morgan fingerprint density at radius 1 is 1.09 bits per heavy atom. The molecule has 4 rings (SSSR count). The summed E-state index contributed by atoms with van der Waals surface area (Å²) in [7, 11) is 0. The first-order valence-electron chi connectivity index (χ1n) is 6.92. The molecule has 1 aliphatic heterocycles. The molecule has 2 aromatic heterocycles. The van der Waals surface area contributed by atoms with Crippen LogP contribution in [0.1, 0.15) is 26.5 Å². The number of hydrogen-bond donors (Lipinski definition) is 1. The number of aromatic nitrogens is 2. The molecule has 1 aromatic carbocycles. The van der Waals surface area contributed by atoms with Crippen LogP contribution in [0.25, 0.3) is 10.2 Å². The lowest BCUT2D eigenvalue weighted by molar-refractivity contribution is 0.174. The van der Waals surface area contributed by atoms with Crippen molar-refractivity contribution in [2.75, 3.05) is 12.1 Å². The van der Waals surface area contributed by atoms with Crippen molar-refractivity contribution in [2.45, 2.75) is 26.2 Å². The van der Waals surface area contributed by atoms with E-state index in [1.54, 1.807) is 22.7 Å². The summed E-state index contributed by atoms with van der Waals surface area (Å²) in [6.07, 6.45) is 0. The lowest BCUT2D eigenvalue weighted by Crippen LogP contribution is -2.11. The molecule has 0 atom stereocenters. The number of anilines is 2. The first kappa shape index (κ1) is 13.8. The third-order valence-corrected chi connectivity index (χ3v) is 5.06. The minimum absolute atomic E-state index is 0.0551. The van der Waals surface area contributed by atoms with E-state index in [9.17, 15) is 0 Å². The molecule has 1 N–H and O–H groups in total. The molecule has 0 aliphatic carbocycles. The Bertz CT molecular complexity index is 807. The summed E-state index contributed by atoms with van der Waals surface area (Å²) in [6.45, 7) is 6.76. The predicted octanol–water partition coefficient (Wildman–Crippen LogP) is 4.52. The zero-order chi connectivity index (χ0) is 15.3. The van der Waals surface area contributed by atoms with Crippen LogP contribution >= 0.6 is 22.7 Å². The van der Waals surface area contributed by atoms with Gasteiger partial charge in [-0.2, -0.15) is 0 Å². The predicted molar refractivity (Wildman–Crippen MR) is 89.8 cm³/mol. The molecule has 3 heterocycles. The highest BCUT2D eigenvalue weighted by molar-refractivity contribution is 7.22. The molecular weight excluding hydrogens is 318 g/mol. The Hall–Kier alpha value is -1.86. The lowest BCUT2D eigenvalue weighted by atomic mass is 9.93. The summed E-state index contributed by atoms with van der Waals surface area (Å²) in [5, 5.41) is 7.08. The minimum atomic E-state index is 0.0551. The van der Waals surface area contributed by atoms with Crippen LogP contribution < -0.4 is 14.8 Å². The second kappa shape index (κ2) is 4.82. The largest absolute Gasteiger partial charge is 0.454 e. The van der Waals surface area contributed by atoms with Crippen LogP contribution in [-0.2, 0) is 5.41 Å². The van der Waals surface area contributed by atoms with Gasteiger partial charge in [0.1, 0.15) is 0 Å². The fraction of sp³-hybridized carbons (Fsp3) is 0.333. The average Bonchev–Trinajstić information content (AvgIpc) is 3.12. The summed E-state index contributed by atoms with van der Waals surface area (Å²) in [4.78, 5) is 9.23. The molecule has 0 fully saturated rings. The third-order valence-electron chi connectivity index (χ3n) is 3.37. The maximum Gasteiger partial charge on any atom is 0.231 e. The lowest BCUT2D eigenvalue weighted by Gasteiger charge is -2.14. The van der Waals surface area contributed by atoms with Crippen molar-refractivity contribution in [1.29, 1.82) is 0 Å². The molecule has 114 valence electrons. The van der Waals surface area contributed by atoms with Crippen molar-refractivity contribution < 1.29 is 9.47 Å². The Morgan fingerprint density at radius 2 is 1.86 bits per heavy atom. The number of nitrogens with one attached hydrogen (secondary N) is 1. The van der Waals surface area contributed by atoms with Crippen LogP contribution in [0.4, 0.5) is 10.3 Å². The summed E-state index contributed by atoms with van der Waals surface area (Å²) in [5.41, 5.74) is 2.05. The van der Waals surface area contributed by atoms with Gasteiger partial charge in [-0.25, -0.2) is 9.97 Å². The van der Waals surface area contributed by atoms with Crippen LogP contribution in [0, 0.1) is 0 Å². The van der Waals surface area contributed by atoms with Gasteiger partial charge in [-0.1, -0.05) is 32.1 Å². The quantitative estimate of drug-likeness (QED) is 0.747. The second-order valence-electron chi connectivity index (χ2n) is 6.11. The second-order valence-corrected chi connectivity index (χ2v) is 7.99. The zero-order valence-corrected chi connectivity index (χ0v) is 14.1. The highest BCUT2D eigenvalue weighted by Gasteiger charge is 2.19. The van der Waals surface area contributed by atoms with Gasteiger partial charge in [0.2, 0.25) is 6.79 Å². The molecule has 3 aromatic rings. The molecule has 1 aliphatic rings. The third kappa shape index (κ3) is 2.40. The highest BCUT2D eigenvalue weighted by Crippen LogP contribution is 2.39. The maximum atomic E-state index is 5.40. The van der Waals surface area contributed by atoms with Gasteiger partial charge in [-0.3, -0.25) is 0 Å².